The van der Waals surface area contributed by atoms with Gasteiger partial charge < -0.3 is 9.84 Å². The molecule has 0 radical (unpaired) electrons. The number of alkyl halides is 3. The third kappa shape index (κ3) is 4.66. The fourth-order valence-electron chi connectivity index (χ4n) is 1.57. The predicted molar refractivity (Wildman–Crippen MR) is 62.1 cm³/mol. The van der Waals surface area contributed by atoms with Crippen LogP contribution in [-0.2, 0) is 10.9 Å². The molecule has 1 unspecified atom stereocenters. The van der Waals surface area contributed by atoms with Gasteiger partial charge in [0.15, 0.2) is 0 Å². The van der Waals surface area contributed by atoms with Crippen LogP contribution < -0.4 is 0 Å². The van der Waals surface area contributed by atoms with Crippen molar-refractivity contribution in [2.75, 3.05) is 13.6 Å². The van der Waals surface area contributed by atoms with Gasteiger partial charge in [0, 0.05) is 13.6 Å². The van der Waals surface area contributed by atoms with Crippen molar-refractivity contribution in [3.05, 3.63) is 35.4 Å². The first-order valence-electron chi connectivity index (χ1n) is 7.09. The van der Waals surface area contributed by atoms with Crippen molar-refractivity contribution in [3.8, 4) is 0 Å². The van der Waals surface area contributed by atoms with E-state index < -0.39 is 24.9 Å². The van der Waals surface area contributed by atoms with E-state index in [0.29, 0.717) is 24.8 Å². The summed E-state index contributed by atoms with van der Waals surface area (Å²) in [6.07, 6.45) is -3.97. The van der Waals surface area contributed by atoms with Crippen molar-refractivity contribution in [3.63, 3.8) is 0 Å². The van der Waals surface area contributed by atoms with Gasteiger partial charge in [-0.2, -0.15) is 13.2 Å². The van der Waals surface area contributed by atoms with E-state index in [2.05, 4.69) is 4.74 Å². The highest BCUT2D eigenvalue weighted by molar-refractivity contribution is 5.25. The average molecular weight is 265 g/mol. The minimum Gasteiger partial charge on any atom is -0.388 e. The molecule has 2 nitrogen and oxygen atoms in total. The van der Waals surface area contributed by atoms with E-state index in [4.69, 9.17) is 4.11 Å². The molecule has 0 aliphatic carbocycles. The molecular weight excluding hydrogens is 245 g/mol. The number of methoxy groups -OCH3 is 1. The first-order chi connectivity index (χ1) is 9.59. The Balaban J connectivity index is 2.37. The number of halogens is 3. The van der Waals surface area contributed by atoms with Crippen LogP contribution >= 0.6 is 0 Å². The van der Waals surface area contributed by atoms with Gasteiger partial charge in [0.1, 0.15) is 0 Å². The molecule has 0 bridgehead atoms. The maximum atomic E-state index is 12.4. The van der Waals surface area contributed by atoms with Gasteiger partial charge in [-0.3, -0.25) is 0 Å². The highest BCUT2D eigenvalue weighted by atomic mass is 19.4. The molecule has 0 aliphatic rings. The summed E-state index contributed by atoms with van der Waals surface area (Å²) in [7, 11) is -2.42. The number of aliphatic hydroxyl groups is 1. The van der Waals surface area contributed by atoms with Crippen LogP contribution in [0, 0.1) is 0 Å². The van der Waals surface area contributed by atoms with Gasteiger partial charge >= 0.3 is 6.18 Å². The summed E-state index contributed by atoms with van der Waals surface area (Å²) in [5, 5.41) is 9.84. The average Bonchev–Trinajstić information content (AvgIpc) is 2.36. The number of rotatable bonds is 6. The Hall–Kier alpha value is -1.07. The number of hydrogen-bond acceptors (Lipinski definition) is 2. The lowest BCUT2D eigenvalue weighted by molar-refractivity contribution is -0.137. The highest BCUT2D eigenvalue weighted by Crippen LogP contribution is 2.30. The molecule has 102 valence electrons. The van der Waals surface area contributed by atoms with Crippen LogP contribution in [0.2, 0.25) is 0 Å². The van der Waals surface area contributed by atoms with Crippen molar-refractivity contribution >= 4 is 0 Å². The second-order valence-corrected chi connectivity index (χ2v) is 3.98. The van der Waals surface area contributed by atoms with Crippen LogP contribution in [0.1, 0.15) is 40.6 Å². The maximum Gasteiger partial charge on any atom is 0.416 e. The van der Waals surface area contributed by atoms with E-state index in [9.17, 15) is 18.3 Å². The second kappa shape index (κ2) is 6.75. The second-order valence-electron chi connectivity index (χ2n) is 3.98. The van der Waals surface area contributed by atoms with Gasteiger partial charge in [-0.1, -0.05) is 12.1 Å². The van der Waals surface area contributed by atoms with Crippen LogP contribution in [0.4, 0.5) is 13.2 Å². The lowest BCUT2D eigenvalue weighted by Gasteiger charge is -2.12. The molecule has 1 N–H and O–H groups in total. The molecule has 1 aromatic rings. The number of unbranched alkanes of at least 4 members (excludes halogenated alkanes) is 1. The molecule has 5 heteroatoms. The number of ether oxygens (including phenoxy) is 1. The molecule has 1 atom stereocenters. The number of hydrogen-bond donors (Lipinski definition) is 1. The normalized spacial score (nSPS) is 16.8. The minimum atomic E-state index is -4.39. The Kier molecular flexibility index (Phi) is 4.06. The topological polar surface area (TPSA) is 29.5 Å². The Morgan fingerprint density at radius 2 is 1.94 bits per heavy atom. The molecule has 0 fully saturated rings. The maximum absolute atomic E-state index is 12.4. The Morgan fingerprint density at radius 3 is 2.50 bits per heavy atom. The fourth-order valence-corrected chi connectivity index (χ4v) is 1.57. The standard InChI is InChI=1S/C13H17F3O2/c1-18-9-3-2-4-12(17)10-5-7-11(8-6-10)13(14,15)16/h5-8,12,17H,2-4,9H2,1H3/i1D3. The lowest BCUT2D eigenvalue weighted by atomic mass is 10.0. The lowest BCUT2D eigenvalue weighted by Crippen LogP contribution is -2.05. The van der Waals surface area contributed by atoms with Gasteiger partial charge in [-0.15, -0.1) is 0 Å². The van der Waals surface area contributed by atoms with Gasteiger partial charge in [0.25, 0.3) is 0 Å². The molecule has 1 rings (SSSR count). The quantitative estimate of drug-likeness (QED) is 0.797. The molecule has 0 spiro atoms. The van der Waals surface area contributed by atoms with Gasteiger partial charge in [0.05, 0.1) is 15.8 Å². The van der Waals surface area contributed by atoms with Crippen LogP contribution in [-0.4, -0.2) is 18.8 Å². The summed E-state index contributed by atoms with van der Waals surface area (Å²) in [6, 6.07) is 4.34. The van der Waals surface area contributed by atoms with Crippen LogP contribution in [0.5, 0.6) is 0 Å². The Labute approximate surface area is 109 Å². The number of benzene rings is 1. The molecule has 0 saturated carbocycles. The molecule has 18 heavy (non-hydrogen) atoms. The van der Waals surface area contributed by atoms with Crippen molar-refractivity contribution in [1.82, 2.24) is 0 Å². The first kappa shape index (κ1) is 10.8. The minimum absolute atomic E-state index is 0.0518. The molecule has 0 aromatic heterocycles. The Morgan fingerprint density at radius 1 is 1.28 bits per heavy atom. The molecule has 0 amide bonds. The van der Waals surface area contributed by atoms with E-state index in [0.717, 1.165) is 12.1 Å². The SMILES string of the molecule is [2H]C([2H])([2H])OCCCCC(O)c1ccc(C(F)(F)F)cc1. The molecule has 0 heterocycles. The van der Waals surface area contributed by atoms with E-state index in [1.807, 2.05) is 0 Å². The molecule has 0 saturated heterocycles. The third-order valence-electron chi connectivity index (χ3n) is 2.60. The van der Waals surface area contributed by atoms with Gasteiger partial charge in [-0.05, 0) is 37.0 Å². The summed E-state index contributed by atoms with van der Waals surface area (Å²) >= 11 is 0. The van der Waals surface area contributed by atoms with Crippen LogP contribution in [0.3, 0.4) is 0 Å². The van der Waals surface area contributed by atoms with Crippen molar-refractivity contribution in [2.45, 2.75) is 31.5 Å². The smallest absolute Gasteiger partial charge is 0.388 e. The van der Waals surface area contributed by atoms with Gasteiger partial charge in [-0.25, -0.2) is 0 Å². The van der Waals surface area contributed by atoms with E-state index in [1.54, 1.807) is 0 Å². The Bertz CT molecular complexity index is 430. The largest absolute Gasteiger partial charge is 0.416 e. The summed E-state index contributed by atoms with van der Waals surface area (Å²) in [6.45, 7) is 0.0518. The van der Waals surface area contributed by atoms with E-state index in [1.165, 1.54) is 12.1 Å². The predicted octanol–water partition coefficient (Wildman–Crippen LogP) is 3.56. The molecular formula is C13H17F3O2. The monoisotopic (exact) mass is 265 g/mol. The van der Waals surface area contributed by atoms with E-state index >= 15 is 0 Å². The summed E-state index contributed by atoms with van der Waals surface area (Å²) in [5.74, 6) is 0. The first-order valence-corrected chi connectivity index (χ1v) is 5.59. The molecule has 0 aliphatic heterocycles. The zero-order chi connectivity index (χ0) is 16.1. The van der Waals surface area contributed by atoms with Crippen LogP contribution in [0.15, 0.2) is 24.3 Å². The summed E-state index contributed by atoms with van der Waals surface area (Å²) in [4.78, 5) is 0. The summed E-state index contributed by atoms with van der Waals surface area (Å²) in [5.41, 5.74) is -0.357. The van der Waals surface area contributed by atoms with Crippen LogP contribution in [0.25, 0.3) is 0 Å². The van der Waals surface area contributed by atoms with Crippen molar-refractivity contribution in [2.24, 2.45) is 0 Å². The van der Waals surface area contributed by atoms with E-state index in [-0.39, 0.29) is 6.61 Å². The highest BCUT2D eigenvalue weighted by Gasteiger charge is 2.30. The fraction of sp³-hybridized carbons (Fsp3) is 0.538. The molecule has 1 aromatic carbocycles. The zero-order valence-corrected chi connectivity index (χ0v) is 9.70. The van der Waals surface area contributed by atoms with Crippen molar-refractivity contribution < 1.29 is 27.1 Å². The zero-order valence-electron chi connectivity index (χ0n) is 12.7. The van der Waals surface area contributed by atoms with Gasteiger partial charge in [0.2, 0.25) is 0 Å². The third-order valence-corrected chi connectivity index (χ3v) is 2.60. The summed E-state index contributed by atoms with van der Waals surface area (Å²) < 4.78 is 62.2. The number of aliphatic hydroxyl groups excluding tert-OH is 1. The van der Waals surface area contributed by atoms with Crippen molar-refractivity contribution in [1.29, 1.82) is 0 Å².